The van der Waals surface area contributed by atoms with Crippen molar-refractivity contribution < 1.29 is 0 Å². The van der Waals surface area contributed by atoms with Crippen LogP contribution >= 0.6 is 12.2 Å². The molecule has 0 aliphatic heterocycles. The summed E-state index contributed by atoms with van der Waals surface area (Å²) in [5.74, 6) is 0. The second-order valence-electron chi connectivity index (χ2n) is 5.38. The van der Waals surface area contributed by atoms with Gasteiger partial charge in [0.25, 0.3) is 0 Å². The Bertz CT molecular complexity index is 678. The van der Waals surface area contributed by atoms with E-state index < -0.39 is 0 Å². The van der Waals surface area contributed by atoms with Gasteiger partial charge in [-0.05, 0) is 43.2 Å². The Labute approximate surface area is 131 Å². The van der Waals surface area contributed by atoms with Crippen molar-refractivity contribution in [2.24, 2.45) is 5.73 Å². The number of anilines is 3. The van der Waals surface area contributed by atoms with Crippen molar-refractivity contribution in [3.63, 3.8) is 0 Å². The zero-order chi connectivity index (χ0) is 15.6. The number of benzene rings is 2. The fraction of sp³-hybridized carbons (Fsp3) is 0.235. The summed E-state index contributed by atoms with van der Waals surface area (Å²) in [4.78, 5) is 2.51. The maximum Gasteiger partial charge on any atom is 0.106 e. The molecule has 0 fully saturated rings. The Morgan fingerprint density at radius 1 is 1.10 bits per heavy atom. The molecule has 0 saturated carbocycles. The average molecular weight is 299 g/mol. The van der Waals surface area contributed by atoms with Gasteiger partial charge in [-0.1, -0.05) is 30.4 Å². The zero-order valence-electron chi connectivity index (χ0n) is 12.9. The second kappa shape index (κ2) is 6.14. The largest absolute Gasteiger partial charge is 0.389 e. The van der Waals surface area contributed by atoms with Gasteiger partial charge in [0.1, 0.15) is 4.99 Å². The van der Waals surface area contributed by atoms with Gasteiger partial charge in [0.05, 0.1) is 5.69 Å². The van der Waals surface area contributed by atoms with Gasteiger partial charge < -0.3 is 16.0 Å². The molecule has 0 heterocycles. The lowest BCUT2D eigenvalue weighted by atomic mass is 10.1. The average Bonchev–Trinajstić information content (AvgIpc) is 2.42. The van der Waals surface area contributed by atoms with Gasteiger partial charge in [-0.3, -0.25) is 0 Å². The number of hydrogen-bond acceptors (Lipinski definition) is 3. The van der Waals surface area contributed by atoms with Gasteiger partial charge >= 0.3 is 0 Å². The van der Waals surface area contributed by atoms with Crippen molar-refractivity contribution >= 4 is 34.3 Å². The monoisotopic (exact) mass is 299 g/mol. The predicted molar refractivity (Wildman–Crippen MR) is 95.9 cm³/mol. The highest BCUT2D eigenvalue weighted by atomic mass is 32.1. The molecule has 21 heavy (non-hydrogen) atoms. The summed E-state index contributed by atoms with van der Waals surface area (Å²) in [6.07, 6.45) is 0. The van der Waals surface area contributed by atoms with Crippen LogP contribution in [0.25, 0.3) is 0 Å². The number of hydrogen-bond donors (Lipinski definition) is 2. The normalized spacial score (nSPS) is 10.3. The van der Waals surface area contributed by atoms with Crippen LogP contribution < -0.4 is 16.0 Å². The lowest BCUT2D eigenvalue weighted by Crippen LogP contribution is -2.13. The number of nitrogens with zero attached hydrogens (tertiary/aromatic N) is 1. The number of thiocarbonyl (C=S) groups is 1. The lowest BCUT2D eigenvalue weighted by molar-refractivity contribution is 1.11. The number of nitrogens with one attached hydrogen (secondary N) is 1. The van der Waals surface area contributed by atoms with Crippen LogP contribution in [-0.2, 0) is 0 Å². The second-order valence-corrected chi connectivity index (χ2v) is 5.82. The molecule has 4 heteroatoms. The molecule has 2 aromatic rings. The van der Waals surface area contributed by atoms with Crippen LogP contribution in [0.4, 0.5) is 17.1 Å². The van der Waals surface area contributed by atoms with E-state index in [2.05, 4.69) is 35.3 Å². The van der Waals surface area contributed by atoms with Crippen LogP contribution in [-0.4, -0.2) is 19.1 Å². The van der Waals surface area contributed by atoms with Crippen LogP contribution in [0.5, 0.6) is 0 Å². The van der Waals surface area contributed by atoms with Crippen molar-refractivity contribution in [3.05, 3.63) is 53.1 Å². The minimum atomic E-state index is 0.404. The fourth-order valence-electron chi connectivity index (χ4n) is 2.35. The van der Waals surface area contributed by atoms with Gasteiger partial charge in [0.15, 0.2) is 0 Å². The SMILES string of the molecule is Cc1ccc(Nc2c(C)cccc2C(N)=S)cc1N(C)C. The van der Waals surface area contributed by atoms with Crippen LogP contribution in [0.15, 0.2) is 36.4 Å². The first-order valence-electron chi connectivity index (χ1n) is 6.84. The quantitative estimate of drug-likeness (QED) is 0.844. The summed E-state index contributed by atoms with van der Waals surface area (Å²) >= 11 is 5.14. The molecule has 110 valence electrons. The number of para-hydroxylation sites is 1. The molecule has 0 aromatic heterocycles. The van der Waals surface area contributed by atoms with E-state index in [1.54, 1.807) is 0 Å². The molecule has 3 N–H and O–H groups in total. The number of rotatable bonds is 4. The molecule has 0 radical (unpaired) electrons. The fourth-order valence-corrected chi connectivity index (χ4v) is 2.52. The standard InChI is InChI=1S/C17H21N3S/c1-11-8-9-13(10-15(11)20(3)4)19-16-12(2)6-5-7-14(16)17(18)21/h5-10,19H,1-4H3,(H2,18,21). The highest BCUT2D eigenvalue weighted by molar-refractivity contribution is 7.80. The summed E-state index contributed by atoms with van der Waals surface area (Å²) in [7, 11) is 4.08. The van der Waals surface area contributed by atoms with E-state index in [4.69, 9.17) is 18.0 Å². The van der Waals surface area contributed by atoms with E-state index in [0.29, 0.717) is 4.99 Å². The Balaban J connectivity index is 2.44. The summed E-state index contributed by atoms with van der Waals surface area (Å²) in [6.45, 7) is 4.15. The maximum atomic E-state index is 5.82. The van der Waals surface area contributed by atoms with E-state index in [9.17, 15) is 0 Å². The Kier molecular flexibility index (Phi) is 4.48. The Morgan fingerprint density at radius 3 is 2.43 bits per heavy atom. The molecule has 0 amide bonds. The van der Waals surface area contributed by atoms with Crippen LogP contribution in [0, 0.1) is 13.8 Å². The molecule has 0 atom stereocenters. The first-order chi connectivity index (χ1) is 9.90. The van der Waals surface area contributed by atoms with Gasteiger partial charge in [0.2, 0.25) is 0 Å². The zero-order valence-corrected chi connectivity index (χ0v) is 13.7. The number of nitrogens with two attached hydrogens (primary N) is 1. The van der Waals surface area contributed by atoms with Crippen molar-refractivity contribution in [2.75, 3.05) is 24.3 Å². The first kappa shape index (κ1) is 15.3. The number of aryl methyl sites for hydroxylation is 2. The third kappa shape index (κ3) is 3.34. The minimum absolute atomic E-state index is 0.404. The van der Waals surface area contributed by atoms with Crippen molar-refractivity contribution in [1.82, 2.24) is 0 Å². The molecular weight excluding hydrogens is 278 g/mol. The highest BCUT2D eigenvalue weighted by Gasteiger charge is 2.09. The summed E-state index contributed by atoms with van der Waals surface area (Å²) in [5.41, 5.74) is 12.2. The molecule has 2 aromatic carbocycles. The molecule has 0 unspecified atom stereocenters. The third-order valence-corrected chi connectivity index (χ3v) is 3.72. The van der Waals surface area contributed by atoms with Gasteiger partial charge in [0, 0.05) is 31.0 Å². The van der Waals surface area contributed by atoms with E-state index in [1.807, 2.05) is 39.2 Å². The molecule has 0 saturated heterocycles. The predicted octanol–water partition coefficient (Wildman–Crippen LogP) is 3.75. The summed E-state index contributed by atoms with van der Waals surface area (Å²) in [6, 6.07) is 12.3. The van der Waals surface area contributed by atoms with Crippen molar-refractivity contribution in [3.8, 4) is 0 Å². The molecule has 0 aliphatic rings. The van der Waals surface area contributed by atoms with Crippen LogP contribution in [0.1, 0.15) is 16.7 Å². The smallest absolute Gasteiger partial charge is 0.106 e. The van der Waals surface area contributed by atoms with Gasteiger partial charge in [-0.25, -0.2) is 0 Å². The molecule has 0 bridgehead atoms. The van der Waals surface area contributed by atoms with E-state index in [0.717, 1.165) is 22.5 Å². The summed E-state index contributed by atoms with van der Waals surface area (Å²) < 4.78 is 0. The van der Waals surface area contributed by atoms with Gasteiger partial charge in [-0.15, -0.1) is 0 Å². The van der Waals surface area contributed by atoms with Gasteiger partial charge in [-0.2, -0.15) is 0 Å². The minimum Gasteiger partial charge on any atom is -0.389 e. The molecule has 0 aliphatic carbocycles. The molecule has 0 spiro atoms. The maximum absolute atomic E-state index is 5.82. The van der Waals surface area contributed by atoms with E-state index in [1.165, 1.54) is 11.3 Å². The van der Waals surface area contributed by atoms with E-state index in [-0.39, 0.29) is 0 Å². The van der Waals surface area contributed by atoms with Crippen molar-refractivity contribution in [2.45, 2.75) is 13.8 Å². The topological polar surface area (TPSA) is 41.3 Å². The molecule has 2 rings (SSSR count). The highest BCUT2D eigenvalue weighted by Crippen LogP contribution is 2.28. The summed E-state index contributed by atoms with van der Waals surface area (Å²) in [5, 5.41) is 3.45. The molecule has 3 nitrogen and oxygen atoms in total. The molecular formula is C17H21N3S. The van der Waals surface area contributed by atoms with E-state index >= 15 is 0 Å². The van der Waals surface area contributed by atoms with Crippen LogP contribution in [0.2, 0.25) is 0 Å². The Hall–Kier alpha value is -2.07. The third-order valence-electron chi connectivity index (χ3n) is 3.50. The first-order valence-corrected chi connectivity index (χ1v) is 7.25. The van der Waals surface area contributed by atoms with Crippen molar-refractivity contribution in [1.29, 1.82) is 0 Å². The lowest BCUT2D eigenvalue weighted by Gasteiger charge is -2.19. The van der Waals surface area contributed by atoms with Crippen LogP contribution in [0.3, 0.4) is 0 Å². The Morgan fingerprint density at radius 2 is 1.81 bits per heavy atom.